The lowest BCUT2D eigenvalue weighted by Crippen LogP contribution is -2.10. The standard InChI is InChI=1S/C19H21NO.C15H15N/c1-15(13-14-16(2)21)20-19(17-9-5-3-6-10-17)18-11-7-4-8-12-18;1-2-16-15(13-9-5-3-6-10-13)14-11-7-4-8-12-14/h3-12,15H,13-14H2,1-2H3;3-12H,2H2,1H3. The van der Waals surface area contributed by atoms with Gasteiger partial charge in [0.15, 0.2) is 0 Å². The number of aliphatic imine (C=N–C) groups is 2. The summed E-state index contributed by atoms with van der Waals surface area (Å²) in [6, 6.07) is 41.1. The number of hydrogen-bond acceptors (Lipinski definition) is 3. The van der Waals surface area contributed by atoms with Crippen LogP contribution in [-0.4, -0.2) is 29.8 Å². The largest absolute Gasteiger partial charge is 0.300 e. The van der Waals surface area contributed by atoms with E-state index in [1.54, 1.807) is 6.92 Å². The maximum absolute atomic E-state index is 11.1. The monoisotopic (exact) mass is 488 g/mol. The Bertz CT molecular complexity index is 1180. The van der Waals surface area contributed by atoms with Gasteiger partial charge in [-0.15, -0.1) is 0 Å². The van der Waals surface area contributed by atoms with E-state index in [2.05, 4.69) is 67.4 Å². The van der Waals surface area contributed by atoms with Crippen molar-refractivity contribution in [2.45, 2.75) is 39.7 Å². The predicted octanol–water partition coefficient (Wildman–Crippen LogP) is 7.83. The van der Waals surface area contributed by atoms with Gasteiger partial charge in [-0.1, -0.05) is 121 Å². The van der Waals surface area contributed by atoms with E-state index in [0.29, 0.717) is 6.42 Å². The number of carbonyl (C=O) groups excluding carboxylic acids is 1. The van der Waals surface area contributed by atoms with Gasteiger partial charge in [0.2, 0.25) is 0 Å². The first-order valence-electron chi connectivity index (χ1n) is 12.9. The molecule has 0 heterocycles. The third kappa shape index (κ3) is 9.12. The van der Waals surface area contributed by atoms with Gasteiger partial charge < -0.3 is 4.79 Å². The maximum atomic E-state index is 11.1. The van der Waals surface area contributed by atoms with Crippen LogP contribution in [-0.2, 0) is 4.79 Å². The highest BCUT2D eigenvalue weighted by molar-refractivity contribution is 6.13. The summed E-state index contributed by atoms with van der Waals surface area (Å²) in [5.74, 6) is 0.220. The molecule has 0 radical (unpaired) electrons. The van der Waals surface area contributed by atoms with E-state index in [9.17, 15) is 4.79 Å². The number of ketones is 1. The molecule has 0 N–H and O–H groups in total. The molecule has 0 saturated heterocycles. The molecule has 4 aromatic carbocycles. The Morgan fingerprint density at radius 1 is 0.622 bits per heavy atom. The van der Waals surface area contributed by atoms with Gasteiger partial charge in [-0.25, -0.2) is 0 Å². The molecule has 0 aliphatic carbocycles. The topological polar surface area (TPSA) is 41.8 Å². The van der Waals surface area contributed by atoms with Crippen LogP contribution >= 0.6 is 0 Å². The molecule has 188 valence electrons. The fourth-order valence-electron chi connectivity index (χ4n) is 3.90. The molecule has 0 fully saturated rings. The molecule has 3 heteroatoms. The van der Waals surface area contributed by atoms with Crippen molar-refractivity contribution in [2.24, 2.45) is 9.98 Å². The van der Waals surface area contributed by atoms with Gasteiger partial charge in [-0.3, -0.25) is 9.98 Å². The Kier molecular flexibility index (Phi) is 11.2. The van der Waals surface area contributed by atoms with Gasteiger partial charge in [0, 0.05) is 41.3 Å². The molecule has 4 rings (SSSR count). The number of rotatable bonds is 9. The molecule has 0 aromatic heterocycles. The molecule has 1 unspecified atom stereocenters. The predicted molar refractivity (Wildman–Crippen MR) is 157 cm³/mol. The number of hydrogen-bond donors (Lipinski definition) is 0. The first-order valence-corrected chi connectivity index (χ1v) is 12.9. The zero-order valence-electron chi connectivity index (χ0n) is 22.0. The summed E-state index contributed by atoms with van der Waals surface area (Å²) in [6.07, 6.45) is 1.38. The van der Waals surface area contributed by atoms with E-state index in [4.69, 9.17) is 4.99 Å². The van der Waals surface area contributed by atoms with Gasteiger partial charge >= 0.3 is 0 Å². The molecule has 4 aromatic rings. The third-order valence-corrected chi connectivity index (χ3v) is 5.77. The molecule has 0 amide bonds. The average molecular weight is 489 g/mol. The average Bonchev–Trinajstić information content (AvgIpc) is 2.96. The molecule has 0 aliphatic rings. The zero-order valence-corrected chi connectivity index (χ0v) is 22.0. The van der Waals surface area contributed by atoms with Crippen LogP contribution in [0.25, 0.3) is 0 Å². The maximum Gasteiger partial charge on any atom is 0.129 e. The van der Waals surface area contributed by atoms with Crippen LogP contribution in [0.2, 0.25) is 0 Å². The van der Waals surface area contributed by atoms with Crippen LogP contribution in [0.5, 0.6) is 0 Å². The second-order valence-electron chi connectivity index (χ2n) is 8.85. The van der Waals surface area contributed by atoms with Crippen molar-refractivity contribution in [2.75, 3.05) is 6.54 Å². The molecule has 0 spiro atoms. The third-order valence-electron chi connectivity index (χ3n) is 5.77. The first-order chi connectivity index (χ1) is 18.1. The SMILES string of the molecule is CC(=O)CCC(C)N=C(c1ccccc1)c1ccccc1.CCN=C(c1ccccc1)c1ccccc1. The van der Waals surface area contributed by atoms with E-state index >= 15 is 0 Å². The number of carbonyl (C=O) groups is 1. The van der Waals surface area contributed by atoms with Crippen LogP contribution in [0.1, 0.15) is 55.9 Å². The molecular weight excluding hydrogens is 452 g/mol. The minimum Gasteiger partial charge on any atom is -0.300 e. The van der Waals surface area contributed by atoms with E-state index in [0.717, 1.165) is 35.5 Å². The number of nitrogens with zero attached hydrogens (tertiary/aromatic N) is 2. The Hall–Kier alpha value is -4.11. The lowest BCUT2D eigenvalue weighted by Gasteiger charge is -2.11. The van der Waals surface area contributed by atoms with Crippen molar-refractivity contribution < 1.29 is 4.79 Å². The molecule has 0 bridgehead atoms. The van der Waals surface area contributed by atoms with Gasteiger partial charge in [0.05, 0.1) is 11.4 Å². The van der Waals surface area contributed by atoms with Crippen LogP contribution in [0.15, 0.2) is 131 Å². The lowest BCUT2D eigenvalue weighted by molar-refractivity contribution is -0.117. The van der Waals surface area contributed by atoms with Crippen LogP contribution in [0, 0.1) is 0 Å². The van der Waals surface area contributed by atoms with E-state index in [1.165, 1.54) is 11.1 Å². The van der Waals surface area contributed by atoms with Crippen molar-refractivity contribution in [1.82, 2.24) is 0 Å². The summed E-state index contributed by atoms with van der Waals surface area (Å²) >= 11 is 0. The lowest BCUT2D eigenvalue weighted by atomic mass is 10.0. The molecule has 0 saturated carbocycles. The second-order valence-corrected chi connectivity index (χ2v) is 8.85. The van der Waals surface area contributed by atoms with E-state index < -0.39 is 0 Å². The molecule has 1 atom stereocenters. The van der Waals surface area contributed by atoms with E-state index in [1.807, 2.05) is 72.8 Å². The van der Waals surface area contributed by atoms with Gasteiger partial charge in [0.1, 0.15) is 5.78 Å². The number of benzene rings is 4. The fourth-order valence-corrected chi connectivity index (χ4v) is 3.90. The minimum atomic E-state index is 0.129. The molecule has 37 heavy (non-hydrogen) atoms. The zero-order chi connectivity index (χ0) is 26.3. The Labute approximate surface area is 221 Å². The Balaban J connectivity index is 0.000000213. The molecule has 3 nitrogen and oxygen atoms in total. The highest BCUT2D eigenvalue weighted by Crippen LogP contribution is 2.14. The molecule has 0 aliphatic heterocycles. The van der Waals surface area contributed by atoms with Crippen molar-refractivity contribution in [3.63, 3.8) is 0 Å². The Morgan fingerprint density at radius 2 is 0.973 bits per heavy atom. The quantitative estimate of drug-likeness (QED) is 0.221. The summed E-state index contributed by atoms with van der Waals surface area (Å²) in [5.41, 5.74) is 6.64. The minimum absolute atomic E-state index is 0.129. The number of Topliss-reactive ketones (excluding diaryl/α,β-unsaturated/α-hetero) is 1. The van der Waals surface area contributed by atoms with Gasteiger partial charge in [0.25, 0.3) is 0 Å². The van der Waals surface area contributed by atoms with Crippen molar-refractivity contribution in [3.8, 4) is 0 Å². The second kappa shape index (κ2) is 15.1. The summed E-state index contributed by atoms with van der Waals surface area (Å²) in [5, 5.41) is 0. The van der Waals surface area contributed by atoms with Crippen LogP contribution in [0.3, 0.4) is 0 Å². The fraction of sp³-hybridized carbons (Fsp3) is 0.206. The summed E-state index contributed by atoms with van der Waals surface area (Å²) in [6.45, 7) is 6.56. The van der Waals surface area contributed by atoms with Gasteiger partial charge in [-0.05, 0) is 27.2 Å². The molecular formula is C34H36N2O. The highest BCUT2D eigenvalue weighted by atomic mass is 16.1. The van der Waals surface area contributed by atoms with Crippen LogP contribution in [0.4, 0.5) is 0 Å². The van der Waals surface area contributed by atoms with Gasteiger partial charge in [-0.2, -0.15) is 0 Å². The van der Waals surface area contributed by atoms with E-state index in [-0.39, 0.29) is 11.8 Å². The van der Waals surface area contributed by atoms with Crippen molar-refractivity contribution in [1.29, 1.82) is 0 Å². The van der Waals surface area contributed by atoms with Crippen molar-refractivity contribution in [3.05, 3.63) is 144 Å². The summed E-state index contributed by atoms with van der Waals surface area (Å²) < 4.78 is 0. The Morgan fingerprint density at radius 3 is 1.30 bits per heavy atom. The summed E-state index contributed by atoms with van der Waals surface area (Å²) in [4.78, 5) is 20.6. The normalized spacial score (nSPS) is 10.9. The summed E-state index contributed by atoms with van der Waals surface area (Å²) in [7, 11) is 0. The highest BCUT2D eigenvalue weighted by Gasteiger charge is 2.09. The van der Waals surface area contributed by atoms with Crippen LogP contribution < -0.4 is 0 Å². The smallest absolute Gasteiger partial charge is 0.129 e. The first kappa shape index (κ1) is 27.5. The van der Waals surface area contributed by atoms with Crippen molar-refractivity contribution >= 4 is 17.2 Å².